The number of hydrogen-bond donors (Lipinski definition) is 1. The van der Waals surface area contributed by atoms with Crippen LogP contribution < -0.4 is 5.32 Å². The third-order valence-corrected chi connectivity index (χ3v) is 3.85. The maximum Gasteiger partial charge on any atom is 0.123 e. The summed E-state index contributed by atoms with van der Waals surface area (Å²) in [4.78, 5) is 0. The molecular weight excluding hydrogens is 281 g/mol. The zero-order valence-corrected chi connectivity index (χ0v) is 11.4. The minimum Gasteiger partial charge on any atom is -0.312 e. The second kappa shape index (κ2) is 6.31. The van der Waals surface area contributed by atoms with E-state index in [1.54, 1.807) is 17.7 Å². The molecule has 0 heterocycles. The third-order valence-electron chi connectivity index (χ3n) is 3.08. The lowest BCUT2D eigenvalue weighted by Crippen LogP contribution is -2.15. The molecule has 1 aromatic carbocycles. The zero-order chi connectivity index (χ0) is 12.1. The Kier molecular flexibility index (Phi) is 4.75. The number of allylic oxidation sites excluding steroid dienone is 1. The first kappa shape index (κ1) is 12.8. The molecule has 0 saturated carbocycles. The number of rotatable bonds is 5. The van der Waals surface area contributed by atoms with E-state index in [2.05, 4.69) is 27.3 Å². The van der Waals surface area contributed by atoms with Crippen LogP contribution in [0.3, 0.4) is 0 Å². The van der Waals surface area contributed by atoms with Crippen molar-refractivity contribution in [1.82, 2.24) is 5.32 Å². The average molecular weight is 298 g/mol. The average Bonchev–Trinajstić information content (AvgIpc) is 2.82. The SMILES string of the molecule is Fc1ccc(Br)c(CNCCC2=CCCC2)c1. The van der Waals surface area contributed by atoms with Gasteiger partial charge in [0, 0.05) is 11.0 Å². The van der Waals surface area contributed by atoms with E-state index in [1.165, 1.54) is 25.3 Å². The van der Waals surface area contributed by atoms with Crippen LogP contribution in [0.4, 0.5) is 4.39 Å². The normalized spacial score (nSPS) is 15.1. The molecule has 0 amide bonds. The molecule has 1 aliphatic rings. The summed E-state index contributed by atoms with van der Waals surface area (Å²) in [7, 11) is 0. The predicted octanol–water partition coefficient (Wildman–Crippen LogP) is 4.18. The molecule has 17 heavy (non-hydrogen) atoms. The molecule has 1 nitrogen and oxygen atoms in total. The Labute approximate surface area is 110 Å². The molecular formula is C14H17BrFN. The molecule has 92 valence electrons. The predicted molar refractivity (Wildman–Crippen MR) is 72.4 cm³/mol. The van der Waals surface area contributed by atoms with Gasteiger partial charge >= 0.3 is 0 Å². The molecule has 0 aromatic heterocycles. The summed E-state index contributed by atoms with van der Waals surface area (Å²) >= 11 is 3.43. The molecule has 1 aromatic rings. The van der Waals surface area contributed by atoms with Crippen LogP contribution in [0.5, 0.6) is 0 Å². The fourth-order valence-corrected chi connectivity index (χ4v) is 2.50. The molecule has 0 saturated heterocycles. The highest BCUT2D eigenvalue weighted by molar-refractivity contribution is 9.10. The second-order valence-electron chi connectivity index (χ2n) is 4.42. The molecule has 1 N–H and O–H groups in total. The Hall–Kier alpha value is -0.670. The van der Waals surface area contributed by atoms with E-state index < -0.39 is 0 Å². The highest BCUT2D eigenvalue weighted by Gasteiger charge is 2.04. The van der Waals surface area contributed by atoms with Crippen molar-refractivity contribution in [2.45, 2.75) is 32.2 Å². The summed E-state index contributed by atoms with van der Waals surface area (Å²) in [6.45, 7) is 1.68. The van der Waals surface area contributed by atoms with Crippen LogP contribution in [-0.4, -0.2) is 6.54 Å². The van der Waals surface area contributed by atoms with Gasteiger partial charge in [-0.15, -0.1) is 0 Å². The molecule has 0 radical (unpaired) electrons. The molecule has 3 heteroatoms. The minimum atomic E-state index is -0.177. The minimum absolute atomic E-state index is 0.177. The summed E-state index contributed by atoms with van der Waals surface area (Å²) in [6.07, 6.45) is 7.27. The van der Waals surface area contributed by atoms with Crippen LogP contribution in [0.25, 0.3) is 0 Å². The van der Waals surface area contributed by atoms with E-state index in [-0.39, 0.29) is 5.82 Å². The van der Waals surface area contributed by atoms with Gasteiger partial charge in [0.1, 0.15) is 5.82 Å². The monoisotopic (exact) mass is 297 g/mol. The molecule has 1 aliphatic carbocycles. The van der Waals surface area contributed by atoms with Gasteiger partial charge in [0.15, 0.2) is 0 Å². The van der Waals surface area contributed by atoms with Crippen molar-refractivity contribution < 1.29 is 4.39 Å². The van der Waals surface area contributed by atoms with Gasteiger partial charge in [0.25, 0.3) is 0 Å². The Morgan fingerprint density at radius 1 is 1.35 bits per heavy atom. The molecule has 0 aliphatic heterocycles. The van der Waals surface area contributed by atoms with E-state index in [4.69, 9.17) is 0 Å². The van der Waals surface area contributed by atoms with Crippen molar-refractivity contribution in [3.63, 3.8) is 0 Å². The smallest absolute Gasteiger partial charge is 0.123 e. The standard InChI is InChI=1S/C14H17BrFN/c15-14-6-5-13(16)9-12(14)10-17-8-7-11-3-1-2-4-11/h3,5-6,9,17H,1-2,4,7-8,10H2. The van der Waals surface area contributed by atoms with Gasteiger partial charge in [-0.1, -0.05) is 27.6 Å². The maximum absolute atomic E-state index is 13.0. The largest absolute Gasteiger partial charge is 0.312 e. The first-order chi connectivity index (χ1) is 8.25. The quantitative estimate of drug-likeness (QED) is 0.635. The van der Waals surface area contributed by atoms with Crippen molar-refractivity contribution in [3.8, 4) is 0 Å². The Bertz CT molecular complexity index is 415. The molecule has 0 atom stereocenters. The van der Waals surface area contributed by atoms with Gasteiger partial charge in [-0.3, -0.25) is 0 Å². The second-order valence-corrected chi connectivity index (χ2v) is 5.27. The van der Waals surface area contributed by atoms with Crippen molar-refractivity contribution >= 4 is 15.9 Å². The zero-order valence-electron chi connectivity index (χ0n) is 9.81. The van der Waals surface area contributed by atoms with Gasteiger partial charge in [-0.2, -0.15) is 0 Å². The summed E-state index contributed by atoms with van der Waals surface area (Å²) in [5.74, 6) is -0.177. The maximum atomic E-state index is 13.0. The topological polar surface area (TPSA) is 12.0 Å². The first-order valence-corrected chi connectivity index (χ1v) is 6.87. The first-order valence-electron chi connectivity index (χ1n) is 6.08. The summed E-state index contributed by atoms with van der Waals surface area (Å²) < 4.78 is 14.0. The highest BCUT2D eigenvalue weighted by Crippen LogP contribution is 2.20. The lowest BCUT2D eigenvalue weighted by atomic mass is 10.1. The van der Waals surface area contributed by atoms with Crippen molar-refractivity contribution in [2.24, 2.45) is 0 Å². The molecule has 0 bridgehead atoms. The number of hydrogen-bond acceptors (Lipinski definition) is 1. The van der Waals surface area contributed by atoms with Crippen LogP contribution >= 0.6 is 15.9 Å². The molecule has 0 spiro atoms. The Morgan fingerprint density at radius 3 is 3.00 bits per heavy atom. The Balaban J connectivity index is 1.75. The van der Waals surface area contributed by atoms with E-state index in [0.717, 1.165) is 23.0 Å². The van der Waals surface area contributed by atoms with Crippen LogP contribution in [0.2, 0.25) is 0 Å². The van der Waals surface area contributed by atoms with Gasteiger partial charge in [0.05, 0.1) is 0 Å². The highest BCUT2D eigenvalue weighted by atomic mass is 79.9. The van der Waals surface area contributed by atoms with E-state index in [1.807, 2.05) is 0 Å². The van der Waals surface area contributed by atoms with Crippen molar-refractivity contribution in [1.29, 1.82) is 0 Å². The fraction of sp³-hybridized carbons (Fsp3) is 0.429. The lowest BCUT2D eigenvalue weighted by Gasteiger charge is -2.07. The van der Waals surface area contributed by atoms with Gasteiger partial charge in [-0.05, 0) is 56.0 Å². The van der Waals surface area contributed by atoms with Crippen molar-refractivity contribution in [3.05, 3.63) is 45.7 Å². The van der Waals surface area contributed by atoms with Crippen LogP contribution in [0, 0.1) is 5.82 Å². The van der Waals surface area contributed by atoms with Crippen molar-refractivity contribution in [2.75, 3.05) is 6.54 Å². The Morgan fingerprint density at radius 2 is 2.24 bits per heavy atom. The van der Waals surface area contributed by atoms with Gasteiger partial charge < -0.3 is 5.32 Å². The molecule has 0 unspecified atom stereocenters. The van der Waals surface area contributed by atoms with E-state index in [9.17, 15) is 4.39 Å². The lowest BCUT2D eigenvalue weighted by molar-refractivity contribution is 0.618. The van der Waals surface area contributed by atoms with Gasteiger partial charge in [-0.25, -0.2) is 4.39 Å². The van der Waals surface area contributed by atoms with Crippen LogP contribution in [0.15, 0.2) is 34.3 Å². The van der Waals surface area contributed by atoms with Gasteiger partial charge in [0.2, 0.25) is 0 Å². The molecule has 2 rings (SSSR count). The number of halogens is 2. The molecule has 0 fully saturated rings. The fourth-order valence-electron chi connectivity index (χ4n) is 2.12. The summed E-state index contributed by atoms with van der Waals surface area (Å²) in [5, 5.41) is 3.36. The van der Waals surface area contributed by atoms with Crippen LogP contribution in [0.1, 0.15) is 31.2 Å². The van der Waals surface area contributed by atoms with E-state index >= 15 is 0 Å². The number of nitrogens with one attached hydrogen (secondary N) is 1. The summed E-state index contributed by atoms with van der Waals surface area (Å²) in [5.41, 5.74) is 2.54. The van der Waals surface area contributed by atoms with E-state index in [0.29, 0.717) is 6.54 Å². The third kappa shape index (κ3) is 3.93. The van der Waals surface area contributed by atoms with Crippen LogP contribution in [-0.2, 0) is 6.54 Å². The number of benzene rings is 1. The summed E-state index contributed by atoms with van der Waals surface area (Å²) in [6, 6.07) is 4.80.